The van der Waals surface area contributed by atoms with Crippen LogP contribution in [-0.4, -0.2) is 52.3 Å². The summed E-state index contributed by atoms with van der Waals surface area (Å²) in [6, 6.07) is 2.34. The lowest BCUT2D eigenvalue weighted by molar-refractivity contribution is 0.236. The summed E-state index contributed by atoms with van der Waals surface area (Å²) in [6.07, 6.45) is 1.03. The zero-order valence-electron chi connectivity index (χ0n) is 10.2. The average Bonchev–Trinajstić information content (AvgIpc) is 2.30. The molecular formula is C11H21N3OS. The van der Waals surface area contributed by atoms with E-state index >= 15 is 0 Å². The Morgan fingerprint density at radius 3 is 2.62 bits per heavy atom. The van der Waals surface area contributed by atoms with Gasteiger partial charge >= 0.3 is 0 Å². The molecule has 1 atom stereocenters. The molecule has 1 rings (SSSR count). The number of hydrogen-bond donors (Lipinski definition) is 1. The van der Waals surface area contributed by atoms with Crippen LogP contribution in [0.1, 0.15) is 20.3 Å². The van der Waals surface area contributed by atoms with Crippen LogP contribution in [0.25, 0.3) is 0 Å². The summed E-state index contributed by atoms with van der Waals surface area (Å²) in [7, 11) is -0.642. The second kappa shape index (κ2) is 6.33. The minimum absolute atomic E-state index is 0.477. The highest BCUT2D eigenvalue weighted by molar-refractivity contribution is 7.85. The third-order valence-corrected chi connectivity index (χ3v) is 4.10. The van der Waals surface area contributed by atoms with Gasteiger partial charge < -0.3 is 0 Å². The molecule has 1 N–H and O–H groups in total. The molecule has 1 aliphatic rings. The van der Waals surface area contributed by atoms with Gasteiger partial charge in [-0.2, -0.15) is 5.26 Å². The Labute approximate surface area is 100 Å². The Bertz CT molecular complexity index is 279. The molecule has 0 aliphatic carbocycles. The maximum Gasteiger partial charge on any atom is 0.116 e. The van der Waals surface area contributed by atoms with Crippen LogP contribution in [0.3, 0.4) is 0 Å². The Balaban J connectivity index is 2.43. The van der Waals surface area contributed by atoms with Crippen molar-refractivity contribution in [1.82, 2.24) is 10.2 Å². The van der Waals surface area contributed by atoms with Crippen LogP contribution in [-0.2, 0) is 10.8 Å². The molecular weight excluding hydrogens is 222 g/mol. The number of hydrogen-bond acceptors (Lipinski definition) is 4. The Hall–Kier alpha value is -0.440. The molecule has 0 bridgehead atoms. The van der Waals surface area contributed by atoms with E-state index in [0.717, 1.165) is 44.1 Å². The fourth-order valence-corrected chi connectivity index (χ4v) is 2.94. The van der Waals surface area contributed by atoms with Crippen molar-refractivity contribution in [3.8, 4) is 6.07 Å². The van der Waals surface area contributed by atoms with E-state index in [0.29, 0.717) is 0 Å². The van der Waals surface area contributed by atoms with Gasteiger partial charge in [0.25, 0.3) is 0 Å². The number of nitriles is 1. The van der Waals surface area contributed by atoms with Gasteiger partial charge in [0, 0.05) is 41.9 Å². The molecule has 1 unspecified atom stereocenters. The van der Waals surface area contributed by atoms with Crippen molar-refractivity contribution < 1.29 is 4.21 Å². The lowest BCUT2D eigenvalue weighted by Crippen LogP contribution is -2.53. The predicted molar refractivity (Wildman–Crippen MR) is 66.6 cm³/mol. The van der Waals surface area contributed by atoms with Crippen LogP contribution in [0.4, 0.5) is 0 Å². The summed E-state index contributed by atoms with van der Waals surface area (Å²) >= 11 is 0. The first kappa shape index (κ1) is 13.6. The van der Waals surface area contributed by atoms with Crippen LogP contribution in [0.15, 0.2) is 0 Å². The van der Waals surface area contributed by atoms with Crippen LogP contribution >= 0.6 is 0 Å². The van der Waals surface area contributed by atoms with Gasteiger partial charge in [-0.25, -0.2) is 0 Å². The molecule has 1 fully saturated rings. The van der Waals surface area contributed by atoms with Crippen molar-refractivity contribution in [2.45, 2.75) is 25.8 Å². The van der Waals surface area contributed by atoms with Crippen LogP contribution in [0, 0.1) is 11.3 Å². The van der Waals surface area contributed by atoms with Gasteiger partial charge in [-0.1, -0.05) is 6.92 Å². The van der Waals surface area contributed by atoms with Crippen LogP contribution < -0.4 is 5.32 Å². The molecule has 0 aromatic carbocycles. The molecule has 0 aromatic rings. The molecule has 16 heavy (non-hydrogen) atoms. The minimum Gasteiger partial charge on any atom is -0.299 e. The van der Waals surface area contributed by atoms with Gasteiger partial charge in [0.2, 0.25) is 0 Å². The lowest BCUT2D eigenvalue weighted by atomic mass is 10.0. The van der Waals surface area contributed by atoms with Crippen molar-refractivity contribution in [2.24, 2.45) is 0 Å². The lowest BCUT2D eigenvalue weighted by Gasteiger charge is -2.33. The first-order valence-electron chi connectivity index (χ1n) is 5.83. The van der Waals surface area contributed by atoms with E-state index in [1.54, 1.807) is 0 Å². The molecule has 0 saturated carbocycles. The van der Waals surface area contributed by atoms with Crippen molar-refractivity contribution in [3.05, 3.63) is 0 Å². The fraction of sp³-hybridized carbons (Fsp3) is 0.909. The first-order valence-corrected chi connectivity index (χ1v) is 7.32. The van der Waals surface area contributed by atoms with E-state index in [9.17, 15) is 9.47 Å². The highest BCUT2D eigenvalue weighted by Crippen LogP contribution is 2.08. The van der Waals surface area contributed by atoms with Crippen molar-refractivity contribution >= 4 is 10.8 Å². The molecule has 5 heteroatoms. The van der Waals surface area contributed by atoms with Gasteiger partial charge in [-0.05, 0) is 19.9 Å². The summed E-state index contributed by atoms with van der Waals surface area (Å²) < 4.78 is 11.2. The second-order valence-corrected chi connectivity index (χ2v) is 6.19. The van der Waals surface area contributed by atoms with Crippen molar-refractivity contribution in [2.75, 3.05) is 37.7 Å². The number of nitrogens with zero attached hydrogens (tertiary/aromatic N) is 2. The largest absolute Gasteiger partial charge is 0.299 e. The molecule has 1 saturated heterocycles. The minimum atomic E-state index is -0.642. The van der Waals surface area contributed by atoms with Crippen LogP contribution in [0.2, 0.25) is 0 Å². The van der Waals surface area contributed by atoms with E-state index in [1.807, 2.05) is 6.92 Å². The SMILES string of the molecule is CCCNC(C)(C#N)CN1CCS(=O)CC1. The summed E-state index contributed by atoms with van der Waals surface area (Å²) in [5, 5.41) is 12.5. The second-order valence-electron chi connectivity index (χ2n) is 4.49. The maximum atomic E-state index is 11.2. The third kappa shape index (κ3) is 4.20. The maximum absolute atomic E-state index is 11.2. The predicted octanol–water partition coefficient (Wildman–Crippen LogP) is 0.333. The highest BCUT2D eigenvalue weighted by atomic mass is 32.2. The van der Waals surface area contributed by atoms with Gasteiger partial charge in [-0.3, -0.25) is 14.4 Å². The summed E-state index contributed by atoms with van der Waals surface area (Å²) in [6.45, 7) is 7.31. The standard InChI is InChI=1S/C11H21N3OS/c1-3-4-13-11(2,9-12)10-14-5-7-16(15)8-6-14/h13H,3-8,10H2,1-2H3. The monoisotopic (exact) mass is 243 g/mol. The quantitative estimate of drug-likeness (QED) is 0.756. The molecule has 0 aromatic heterocycles. The molecule has 1 heterocycles. The Morgan fingerprint density at radius 1 is 1.50 bits per heavy atom. The van der Waals surface area contributed by atoms with E-state index in [1.165, 1.54) is 0 Å². The van der Waals surface area contributed by atoms with Crippen LogP contribution in [0.5, 0.6) is 0 Å². The van der Waals surface area contributed by atoms with Gasteiger partial charge in [0.15, 0.2) is 0 Å². The average molecular weight is 243 g/mol. The van der Waals surface area contributed by atoms with Crippen molar-refractivity contribution in [3.63, 3.8) is 0 Å². The molecule has 92 valence electrons. The smallest absolute Gasteiger partial charge is 0.116 e. The van der Waals surface area contributed by atoms with E-state index in [-0.39, 0.29) is 0 Å². The van der Waals surface area contributed by atoms with E-state index < -0.39 is 16.3 Å². The summed E-state index contributed by atoms with van der Waals surface area (Å²) in [5.74, 6) is 1.49. The zero-order chi connectivity index (χ0) is 12.0. The Kier molecular flexibility index (Phi) is 5.39. The number of nitrogens with one attached hydrogen (secondary N) is 1. The Morgan fingerprint density at radius 2 is 2.12 bits per heavy atom. The molecule has 0 amide bonds. The normalized spacial score (nSPS) is 22.6. The summed E-state index contributed by atoms with van der Waals surface area (Å²) in [5.41, 5.74) is -0.477. The third-order valence-electron chi connectivity index (χ3n) is 2.82. The molecule has 0 spiro atoms. The van der Waals surface area contributed by atoms with Gasteiger partial charge in [0.05, 0.1) is 6.07 Å². The fourth-order valence-electron chi connectivity index (χ4n) is 1.81. The highest BCUT2D eigenvalue weighted by Gasteiger charge is 2.27. The molecule has 4 nitrogen and oxygen atoms in total. The number of rotatable bonds is 5. The van der Waals surface area contributed by atoms with E-state index in [2.05, 4.69) is 23.2 Å². The van der Waals surface area contributed by atoms with E-state index in [4.69, 9.17) is 0 Å². The zero-order valence-corrected chi connectivity index (χ0v) is 11.0. The van der Waals surface area contributed by atoms with Crippen molar-refractivity contribution in [1.29, 1.82) is 5.26 Å². The molecule has 1 aliphatic heterocycles. The van der Waals surface area contributed by atoms with Gasteiger partial charge in [-0.15, -0.1) is 0 Å². The first-order chi connectivity index (χ1) is 7.59. The van der Waals surface area contributed by atoms with Gasteiger partial charge in [0.1, 0.15) is 5.54 Å². The topological polar surface area (TPSA) is 56.1 Å². The molecule has 0 radical (unpaired) electrons. The summed E-state index contributed by atoms with van der Waals surface area (Å²) in [4.78, 5) is 2.23.